The van der Waals surface area contributed by atoms with Gasteiger partial charge in [-0.2, -0.15) is 0 Å². The fourth-order valence-corrected chi connectivity index (χ4v) is 0.250. The highest BCUT2D eigenvalue weighted by Gasteiger charge is 1.62. The Bertz CT molecular complexity index is 27.7. The first-order valence-corrected chi connectivity index (χ1v) is 3.24. The number of hydrogen-bond acceptors (Lipinski definition) is 2. The van der Waals surface area contributed by atoms with Crippen molar-refractivity contribution in [2.75, 3.05) is 19.6 Å². The van der Waals surface area contributed by atoms with Crippen LogP contribution in [0.1, 0.15) is 20.8 Å². The molecule has 0 saturated carbocycles. The van der Waals surface area contributed by atoms with Gasteiger partial charge >= 0.3 is 0 Å². The molecular weight excluding hydrogens is 171 g/mol. The van der Waals surface area contributed by atoms with Gasteiger partial charge < -0.3 is 11.1 Å². The zero-order chi connectivity index (χ0) is 6.83. The molecule has 68 valence electrons. The van der Waals surface area contributed by atoms with Crippen molar-refractivity contribution in [3.63, 3.8) is 0 Å². The Labute approximate surface area is 76.8 Å². The second-order valence-corrected chi connectivity index (χ2v) is 1.37. The Hall–Kier alpha value is 0.500. The number of nitrogens with two attached hydrogens (primary N) is 1. The zero-order valence-electron chi connectivity index (χ0n) is 7.02. The number of halogens is 2. The summed E-state index contributed by atoms with van der Waals surface area (Å²) in [7, 11) is 0. The lowest BCUT2D eigenvalue weighted by atomic mass is 10.7. The van der Waals surface area contributed by atoms with E-state index < -0.39 is 0 Å². The van der Waals surface area contributed by atoms with Crippen molar-refractivity contribution in [3.05, 3.63) is 0 Å². The van der Waals surface area contributed by atoms with E-state index in [1.165, 1.54) is 0 Å². The maximum absolute atomic E-state index is 4.85. The molecule has 0 spiro atoms. The van der Waals surface area contributed by atoms with E-state index >= 15 is 0 Å². The summed E-state index contributed by atoms with van der Waals surface area (Å²) < 4.78 is 0. The minimum Gasteiger partial charge on any atom is -0.331 e. The van der Waals surface area contributed by atoms with E-state index in [2.05, 4.69) is 19.2 Å². The molecule has 2 nitrogen and oxygen atoms in total. The SMILES string of the molecule is CCN.CCNCC.Cl.Cl. The first-order chi connectivity index (χ1) is 3.83. The number of hydrogen-bond donors (Lipinski definition) is 2. The molecule has 0 aliphatic carbocycles. The van der Waals surface area contributed by atoms with Crippen LogP contribution in [-0.4, -0.2) is 19.6 Å². The highest BCUT2D eigenvalue weighted by molar-refractivity contribution is 5.85. The average molecular weight is 191 g/mol. The minimum atomic E-state index is 0. The van der Waals surface area contributed by atoms with Crippen LogP contribution < -0.4 is 11.1 Å². The lowest BCUT2D eigenvalue weighted by Gasteiger charge is -1.86. The smallest absolute Gasteiger partial charge is 0.00775 e. The lowest BCUT2D eigenvalue weighted by molar-refractivity contribution is 0.762. The summed E-state index contributed by atoms with van der Waals surface area (Å²) >= 11 is 0. The molecule has 3 N–H and O–H groups in total. The third-order valence-electron chi connectivity index (χ3n) is 0.500. The van der Waals surface area contributed by atoms with Gasteiger partial charge in [0.25, 0.3) is 0 Å². The van der Waals surface area contributed by atoms with Crippen LogP contribution in [0.5, 0.6) is 0 Å². The van der Waals surface area contributed by atoms with E-state index in [9.17, 15) is 0 Å². The van der Waals surface area contributed by atoms with Crippen LogP contribution in [0.25, 0.3) is 0 Å². The molecule has 0 aromatic heterocycles. The first kappa shape index (κ1) is 22.4. The fraction of sp³-hybridized carbons (Fsp3) is 1.00. The van der Waals surface area contributed by atoms with E-state index in [1.807, 2.05) is 6.92 Å². The topological polar surface area (TPSA) is 38.0 Å². The highest BCUT2D eigenvalue weighted by Crippen LogP contribution is 1.47. The molecule has 0 bridgehead atoms. The summed E-state index contributed by atoms with van der Waals surface area (Å²) in [5.41, 5.74) is 4.85. The molecule has 0 unspecified atom stereocenters. The van der Waals surface area contributed by atoms with Crippen molar-refractivity contribution in [1.29, 1.82) is 0 Å². The molecule has 0 amide bonds. The maximum atomic E-state index is 4.85. The van der Waals surface area contributed by atoms with Crippen LogP contribution in [-0.2, 0) is 0 Å². The van der Waals surface area contributed by atoms with Crippen molar-refractivity contribution in [1.82, 2.24) is 5.32 Å². The Morgan fingerprint density at radius 2 is 1.20 bits per heavy atom. The van der Waals surface area contributed by atoms with E-state index in [0.29, 0.717) is 0 Å². The summed E-state index contributed by atoms with van der Waals surface area (Å²) in [6, 6.07) is 0. The van der Waals surface area contributed by atoms with Crippen LogP contribution in [0.3, 0.4) is 0 Å². The van der Waals surface area contributed by atoms with E-state index in [0.717, 1.165) is 19.6 Å². The van der Waals surface area contributed by atoms with Gasteiger partial charge in [0.2, 0.25) is 0 Å². The quantitative estimate of drug-likeness (QED) is 0.692. The lowest BCUT2D eigenvalue weighted by Crippen LogP contribution is -2.09. The van der Waals surface area contributed by atoms with Crippen LogP contribution in [0.15, 0.2) is 0 Å². The summed E-state index contributed by atoms with van der Waals surface area (Å²) in [6.07, 6.45) is 0. The molecule has 0 aromatic carbocycles. The van der Waals surface area contributed by atoms with Crippen molar-refractivity contribution in [2.24, 2.45) is 5.73 Å². The Morgan fingerprint density at radius 1 is 1.00 bits per heavy atom. The molecule has 10 heavy (non-hydrogen) atoms. The van der Waals surface area contributed by atoms with Gasteiger partial charge in [-0.3, -0.25) is 0 Å². The van der Waals surface area contributed by atoms with Gasteiger partial charge in [-0.25, -0.2) is 0 Å². The molecule has 0 atom stereocenters. The largest absolute Gasteiger partial charge is 0.331 e. The van der Waals surface area contributed by atoms with Crippen LogP contribution in [0, 0.1) is 0 Å². The summed E-state index contributed by atoms with van der Waals surface area (Å²) in [6.45, 7) is 9.04. The summed E-state index contributed by atoms with van der Waals surface area (Å²) in [5, 5.41) is 3.11. The molecule has 0 heterocycles. The van der Waals surface area contributed by atoms with Gasteiger partial charge in [0.1, 0.15) is 0 Å². The Balaban J connectivity index is -0.0000000326. The van der Waals surface area contributed by atoms with Crippen molar-refractivity contribution in [3.8, 4) is 0 Å². The van der Waals surface area contributed by atoms with E-state index in [1.54, 1.807) is 0 Å². The predicted octanol–water partition coefficient (Wildman–Crippen LogP) is 1.42. The van der Waals surface area contributed by atoms with Crippen LogP contribution >= 0.6 is 24.8 Å². The fourth-order valence-electron chi connectivity index (χ4n) is 0.250. The Kier molecular flexibility index (Phi) is 76.0. The number of rotatable bonds is 2. The minimum absolute atomic E-state index is 0. The van der Waals surface area contributed by atoms with Crippen LogP contribution in [0.4, 0.5) is 0 Å². The van der Waals surface area contributed by atoms with Gasteiger partial charge in [0, 0.05) is 0 Å². The molecule has 0 fully saturated rings. The highest BCUT2D eigenvalue weighted by atomic mass is 35.5. The van der Waals surface area contributed by atoms with Crippen LogP contribution in [0.2, 0.25) is 0 Å². The number of nitrogens with one attached hydrogen (secondary N) is 1. The second kappa shape index (κ2) is 33.9. The third kappa shape index (κ3) is 76.5. The first-order valence-electron chi connectivity index (χ1n) is 3.24. The van der Waals surface area contributed by atoms with Crippen molar-refractivity contribution in [2.45, 2.75) is 20.8 Å². The molecule has 0 aliphatic rings. The van der Waals surface area contributed by atoms with E-state index in [-0.39, 0.29) is 24.8 Å². The van der Waals surface area contributed by atoms with E-state index in [4.69, 9.17) is 5.73 Å². The molecule has 0 aromatic rings. The summed E-state index contributed by atoms with van der Waals surface area (Å²) in [4.78, 5) is 0. The van der Waals surface area contributed by atoms with Gasteiger partial charge in [0.05, 0.1) is 0 Å². The second-order valence-electron chi connectivity index (χ2n) is 1.37. The standard InChI is InChI=1S/C4H11N.C2H7N.2ClH/c1-3-5-4-2;1-2-3;;/h5H,3-4H2,1-2H3;2-3H2,1H3;2*1H. The molecule has 0 saturated heterocycles. The average Bonchev–Trinajstić information content (AvgIpc) is 1.71. The monoisotopic (exact) mass is 190 g/mol. The normalized spacial score (nSPS) is 6.00. The predicted molar refractivity (Wildman–Crippen MR) is 53.4 cm³/mol. The van der Waals surface area contributed by atoms with Crippen molar-refractivity contribution < 1.29 is 0 Å². The Morgan fingerprint density at radius 3 is 1.20 bits per heavy atom. The van der Waals surface area contributed by atoms with Gasteiger partial charge in [0.15, 0.2) is 0 Å². The third-order valence-corrected chi connectivity index (χ3v) is 0.500. The molecule has 0 aliphatic heterocycles. The summed E-state index contributed by atoms with van der Waals surface area (Å²) in [5.74, 6) is 0. The van der Waals surface area contributed by atoms with Gasteiger partial charge in [-0.05, 0) is 19.6 Å². The molecule has 0 rings (SSSR count). The zero-order valence-corrected chi connectivity index (χ0v) is 8.65. The maximum Gasteiger partial charge on any atom is -0.00775 e. The molecular formula is C6H20Cl2N2. The molecule has 4 heteroatoms. The molecule has 0 radical (unpaired) electrons. The van der Waals surface area contributed by atoms with Gasteiger partial charge in [-0.15, -0.1) is 24.8 Å². The van der Waals surface area contributed by atoms with Crippen molar-refractivity contribution >= 4 is 24.8 Å². The van der Waals surface area contributed by atoms with Gasteiger partial charge in [-0.1, -0.05) is 20.8 Å².